The van der Waals surface area contributed by atoms with E-state index in [4.69, 9.17) is 9.47 Å². The number of esters is 1. The number of halogens is 1. The molecule has 5 rings (SSSR count). The van der Waals surface area contributed by atoms with Crippen molar-refractivity contribution in [2.24, 2.45) is 0 Å². The van der Waals surface area contributed by atoms with Crippen molar-refractivity contribution in [2.45, 2.75) is 24.6 Å². The predicted molar refractivity (Wildman–Crippen MR) is 121 cm³/mol. The fourth-order valence-electron chi connectivity index (χ4n) is 3.79. The zero-order chi connectivity index (χ0) is 24.4. The smallest absolute Gasteiger partial charge is 0.338 e. The van der Waals surface area contributed by atoms with Crippen LogP contribution in [0.5, 0.6) is 0 Å². The summed E-state index contributed by atoms with van der Waals surface area (Å²) >= 11 is 0. The molecule has 2 aromatic carbocycles. The van der Waals surface area contributed by atoms with E-state index >= 15 is 0 Å². The zero-order valence-electron chi connectivity index (χ0n) is 18.2. The highest BCUT2D eigenvalue weighted by atomic mass is 19.1. The number of carbonyl (C=O) groups is 2. The molecule has 4 atom stereocenters. The van der Waals surface area contributed by atoms with Gasteiger partial charge < -0.3 is 19.9 Å². The molecule has 0 spiro atoms. The van der Waals surface area contributed by atoms with Crippen molar-refractivity contribution in [3.8, 4) is 0 Å². The van der Waals surface area contributed by atoms with E-state index in [-0.39, 0.29) is 29.5 Å². The van der Waals surface area contributed by atoms with Crippen molar-refractivity contribution in [1.29, 1.82) is 0 Å². The summed E-state index contributed by atoms with van der Waals surface area (Å²) < 4.78 is 27.0. The van der Waals surface area contributed by atoms with Crippen LogP contribution in [-0.2, 0) is 9.47 Å². The second kappa shape index (κ2) is 9.57. The SMILES string of the molecule is O=C(Nc1ncnc2c1ncn2[C@@H]1O[C@H](COC(=O)c2ccccc2)[C@H](F)[C@@H]1O)c1ccccc1. The number of aromatic nitrogens is 4. The number of aliphatic hydroxyl groups is 1. The number of carbonyl (C=O) groups excluding carboxylic acids is 2. The number of amides is 1. The highest BCUT2D eigenvalue weighted by Crippen LogP contribution is 2.34. The summed E-state index contributed by atoms with van der Waals surface area (Å²) in [4.78, 5) is 37.2. The molecule has 35 heavy (non-hydrogen) atoms. The lowest BCUT2D eigenvalue weighted by Crippen LogP contribution is -2.31. The summed E-state index contributed by atoms with van der Waals surface area (Å²) in [6.45, 7) is -0.386. The number of hydrogen-bond donors (Lipinski definition) is 2. The standard InChI is InChI=1S/C24H20FN5O5/c25-17-16(11-34-24(33)15-9-5-2-6-10-15)35-23(19(17)31)30-13-28-18-20(26-12-27-21(18)30)29-22(32)14-7-3-1-4-8-14/h1-10,12-13,16-17,19,23,31H,11H2,(H,26,27,29,32)/t16-,17+,19+,23-/m1/s1. The lowest BCUT2D eigenvalue weighted by atomic mass is 10.1. The van der Waals surface area contributed by atoms with E-state index in [0.717, 1.165) is 0 Å². The topological polar surface area (TPSA) is 128 Å². The van der Waals surface area contributed by atoms with Gasteiger partial charge in [-0.15, -0.1) is 0 Å². The monoisotopic (exact) mass is 477 g/mol. The third-order valence-electron chi connectivity index (χ3n) is 5.58. The van der Waals surface area contributed by atoms with Crippen LogP contribution in [0, 0.1) is 0 Å². The minimum absolute atomic E-state index is 0.153. The Hall–Kier alpha value is -4.22. The van der Waals surface area contributed by atoms with Crippen molar-refractivity contribution < 1.29 is 28.6 Å². The molecule has 2 aromatic heterocycles. The maximum Gasteiger partial charge on any atom is 0.338 e. The van der Waals surface area contributed by atoms with E-state index in [1.54, 1.807) is 60.7 Å². The molecule has 0 radical (unpaired) electrons. The number of imidazole rings is 1. The van der Waals surface area contributed by atoms with Gasteiger partial charge in [0, 0.05) is 5.56 Å². The Balaban J connectivity index is 1.32. The Morgan fingerprint density at radius 1 is 1.03 bits per heavy atom. The van der Waals surface area contributed by atoms with Gasteiger partial charge in [-0.1, -0.05) is 36.4 Å². The minimum atomic E-state index is -1.82. The predicted octanol–water partition coefficient (Wildman–Crippen LogP) is 2.53. The molecule has 0 unspecified atom stereocenters. The molecular formula is C24H20FN5O5. The number of rotatable bonds is 6. The summed E-state index contributed by atoms with van der Waals surface area (Å²) in [6, 6.07) is 16.9. The van der Waals surface area contributed by atoms with E-state index in [9.17, 15) is 19.1 Å². The molecule has 11 heteroatoms. The van der Waals surface area contributed by atoms with Gasteiger partial charge in [0.15, 0.2) is 29.4 Å². The van der Waals surface area contributed by atoms with Crippen LogP contribution in [0.3, 0.4) is 0 Å². The lowest BCUT2D eigenvalue weighted by Gasteiger charge is -2.16. The fourth-order valence-corrected chi connectivity index (χ4v) is 3.79. The number of fused-ring (bicyclic) bond motifs is 1. The molecule has 1 aliphatic heterocycles. The van der Waals surface area contributed by atoms with Crippen LogP contribution >= 0.6 is 0 Å². The molecule has 1 fully saturated rings. The summed E-state index contributed by atoms with van der Waals surface area (Å²) in [6.07, 6.45) is -3.22. The normalized spacial score (nSPS) is 21.7. The van der Waals surface area contributed by atoms with Gasteiger partial charge in [0.2, 0.25) is 0 Å². The van der Waals surface area contributed by atoms with Crippen LogP contribution in [0.4, 0.5) is 10.2 Å². The largest absolute Gasteiger partial charge is 0.459 e. The third-order valence-corrected chi connectivity index (χ3v) is 5.58. The average Bonchev–Trinajstić information content (AvgIpc) is 3.45. The van der Waals surface area contributed by atoms with Crippen molar-refractivity contribution in [1.82, 2.24) is 19.5 Å². The molecule has 10 nitrogen and oxygen atoms in total. The second-order valence-electron chi connectivity index (χ2n) is 7.83. The molecule has 178 valence electrons. The molecule has 2 N–H and O–H groups in total. The Kier molecular flexibility index (Phi) is 6.17. The molecule has 3 heterocycles. The fraction of sp³-hybridized carbons (Fsp3) is 0.208. The number of nitrogens with one attached hydrogen (secondary N) is 1. The molecule has 4 aromatic rings. The molecule has 0 bridgehead atoms. The van der Waals surface area contributed by atoms with Crippen molar-refractivity contribution in [2.75, 3.05) is 11.9 Å². The van der Waals surface area contributed by atoms with E-state index in [0.29, 0.717) is 11.1 Å². The minimum Gasteiger partial charge on any atom is -0.459 e. The first kappa shape index (κ1) is 22.6. The van der Waals surface area contributed by atoms with Crippen LogP contribution < -0.4 is 5.32 Å². The van der Waals surface area contributed by atoms with Crippen LogP contribution in [0.2, 0.25) is 0 Å². The number of ether oxygens (including phenoxy) is 2. The van der Waals surface area contributed by atoms with E-state index in [1.807, 2.05) is 0 Å². The lowest BCUT2D eigenvalue weighted by molar-refractivity contribution is -0.0544. The molecule has 1 saturated heterocycles. The number of aliphatic hydroxyl groups excluding tert-OH is 1. The van der Waals surface area contributed by atoms with E-state index in [1.165, 1.54) is 17.2 Å². The van der Waals surface area contributed by atoms with Crippen molar-refractivity contribution in [3.05, 3.63) is 84.4 Å². The Morgan fingerprint density at radius 3 is 2.43 bits per heavy atom. The van der Waals surface area contributed by atoms with Gasteiger partial charge in [-0.25, -0.2) is 24.1 Å². The zero-order valence-corrected chi connectivity index (χ0v) is 18.2. The first-order valence-corrected chi connectivity index (χ1v) is 10.8. The van der Waals surface area contributed by atoms with Gasteiger partial charge in [-0.3, -0.25) is 9.36 Å². The quantitative estimate of drug-likeness (QED) is 0.406. The number of nitrogens with zero attached hydrogens (tertiary/aromatic N) is 4. The van der Waals surface area contributed by atoms with Crippen molar-refractivity contribution in [3.63, 3.8) is 0 Å². The third kappa shape index (κ3) is 4.46. The maximum atomic E-state index is 14.8. The molecular weight excluding hydrogens is 457 g/mol. The van der Waals surface area contributed by atoms with Crippen LogP contribution in [0.1, 0.15) is 26.9 Å². The average molecular weight is 477 g/mol. The maximum absolute atomic E-state index is 14.8. The molecule has 1 aliphatic rings. The summed E-state index contributed by atoms with van der Waals surface area (Å²) in [5.41, 5.74) is 1.21. The van der Waals surface area contributed by atoms with E-state index < -0.39 is 30.6 Å². The van der Waals surface area contributed by atoms with Gasteiger partial charge in [0.05, 0.1) is 11.9 Å². The van der Waals surface area contributed by atoms with Crippen LogP contribution in [0.25, 0.3) is 11.2 Å². The van der Waals surface area contributed by atoms with Crippen LogP contribution in [-0.4, -0.2) is 61.5 Å². The van der Waals surface area contributed by atoms with Gasteiger partial charge in [-0.05, 0) is 24.3 Å². The van der Waals surface area contributed by atoms with Gasteiger partial charge in [0.1, 0.15) is 25.1 Å². The molecule has 1 amide bonds. The Bertz CT molecular complexity index is 1350. The summed E-state index contributed by atoms with van der Waals surface area (Å²) in [5, 5.41) is 13.2. The highest BCUT2D eigenvalue weighted by Gasteiger charge is 2.46. The van der Waals surface area contributed by atoms with E-state index in [2.05, 4.69) is 20.3 Å². The first-order chi connectivity index (χ1) is 17.0. The van der Waals surface area contributed by atoms with Gasteiger partial charge in [-0.2, -0.15) is 0 Å². The number of alkyl halides is 1. The number of benzene rings is 2. The van der Waals surface area contributed by atoms with Crippen molar-refractivity contribution >= 4 is 28.9 Å². The molecule has 0 saturated carbocycles. The number of anilines is 1. The van der Waals surface area contributed by atoms with Gasteiger partial charge in [0.25, 0.3) is 5.91 Å². The summed E-state index contributed by atoms with van der Waals surface area (Å²) in [7, 11) is 0. The van der Waals surface area contributed by atoms with Gasteiger partial charge >= 0.3 is 5.97 Å². The highest BCUT2D eigenvalue weighted by molar-refractivity contribution is 6.06. The summed E-state index contributed by atoms with van der Waals surface area (Å²) in [5.74, 6) is -0.861. The Labute approximate surface area is 198 Å². The Morgan fingerprint density at radius 2 is 1.71 bits per heavy atom. The first-order valence-electron chi connectivity index (χ1n) is 10.8. The second-order valence-corrected chi connectivity index (χ2v) is 7.83. The molecule has 0 aliphatic carbocycles. The number of hydrogen-bond acceptors (Lipinski definition) is 8. The van der Waals surface area contributed by atoms with Crippen LogP contribution in [0.15, 0.2) is 73.3 Å².